The highest BCUT2D eigenvalue weighted by Gasteiger charge is 2.07. The Morgan fingerprint density at radius 1 is 1.16 bits per heavy atom. The van der Waals surface area contributed by atoms with Gasteiger partial charge in [0.15, 0.2) is 11.9 Å². The van der Waals surface area contributed by atoms with Crippen LogP contribution >= 0.6 is 0 Å². The van der Waals surface area contributed by atoms with E-state index in [4.69, 9.17) is 10.5 Å². The van der Waals surface area contributed by atoms with E-state index in [0.717, 1.165) is 0 Å². The first kappa shape index (κ1) is 12.5. The summed E-state index contributed by atoms with van der Waals surface area (Å²) < 4.78 is 5.41. The van der Waals surface area contributed by atoms with E-state index in [-0.39, 0.29) is 5.82 Å². The Morgan fingerprint density at radius 2 is 1.79 bits per heavy atom. The third-order valence-electron chi connectivity index (χ3n) is 2.28. The molecule has 0 radical (unpaired) electrons. The summed E-state index contributed by atoms with van der Waals surface area (Å²) in [6, 6.07) is 8.87. The van der Waals surface area contributed by atoms with Gasteiger partial charge in [-0.1, -0.05) is 0 Å². The highest BCUT2D eigenvalue weighted by Crippen LogP contribution is 2.22. The number of carbonyl (C=O) groups excluding carboxylic acids is 1. The molecular formula is C12H9N3O4. The lowest BCUT2D eigenvalue weighted by atomic mass is 10.2. The Hall–Kier alpha value is -2.96. The Morgan fingerprint density at radius 3 is 2.26 bits per heavy atom. The zero-order chi connectivity index (χ0) is 13.8. The molecule has 0 atom stereocenters. The van der Waals surface area contributed by atoms with Crippen molar-refractivity contribution in [2.24, 2.45) is 5.73 Å². The number of benzene rings is 1. The highest BCUT2D eigenvalue weighted by atomic mass is 16.6. The maximum absolute atomic E-state index is 10.9. The van der Waals surface area contributed by atoms with E-state index in [0.29, 0.717) is 17.1 Å². The van der Waals surface area contributed by atoms with E-state index in [9.17, 15) is 14.9 Å². The van der Waals surface area contributed by atoms with Gasteiger partial charge >= 0.3 is 5.82 Å². The fraction of sp³-hybridized carbons (Fsp3) is 0. The van der Waals surface area contributed by atoms with Crippen molar-refractivity contribution in [1.29, 1.82) is 0 Å². The molecule has 2 aromatic rings. The monoisotopic (exact) mass is 259 g/mol. The second-order valence-corrected chi connectivity index (χ2v) is 3.60. The topological polar surface area (TPSA) is 108 Å². The highest BCUT2D eigenvalue weighted by molar-refractivity contribution is 5.92. The van der Waals surface area contributed by atoms with Crippen molar-refractivity contribution in [3.05, 3.63) is 58.3 Å². The first-order valence-electron chi connectivity index (χ1n) is 5.24. The predicted molar refractivity (Wildman–Crippen MR) is 65.9 cm³/mol. The number of amides is 1. The Kier molecular flexibility index (Phi) is 3.37. The standard InChI is InChI=1S/C12H9N3O4/c13-12(16)8-1-3-9(4-2-8)19-10-5-6-11(14-7-10)15(17)18/h1-7H,(H2,13,16). The molecule has 0 saturated heterocycles. The van der Waals surface area contributed by atoms with Gasteiger partial charge in [-0.2, -0.15) is 0 Å². The SMILES string of the molecule is NC(=O)c1ccc(Oc2ccc([N+](=O)[O-])nc2)cc1. The molecule has 0 bridgehead atoms. The van der Waals surface area contributed by atoms with Crippen molar-refractivity contribution in [2.45, 2.75) is 0 Å². The molecule has 0 aliphatic carbocycles. The molecule has 0 aliphatic rings. The molecule has 1 amide bonds. The number of pyridine rings is 1. The van der Waals surface area contributed by atoms with E-state index in [1.165, 1.54) is 30.5 Å². The van der Waals surface area contributed by atoms with Crippen molar-refractivity contribution < 1.29 is 14.5 Å². The summed E-state index contributed by atoms with van der Waals surface area (Å²) >= 11 is 0. The molecule has 1 aromatic heterocycles. The molecule has 7 heteroatoms. The summed E-state index contributed by atoms with van der Waals surface area (Å²) in [6.45, 7) is 0. The number of rotatable bonds is 4. The number of nitrogens with zero attached hydrogens (tertiary/aromatic N) is 2. The van der Waals surface area contributed by atoms with Gasteiger partial charge in [-0.15, -0.1) is 0 Å². The van der Waals surface area contributed by atoms with Gasteiger partial charge in [0.05, 0.1) is 0 Å². The lowest BCUT2D eigenvalue weighted by molar-refractivity contribution is -0.389. The fourth-order valence-corrected chi connectivity index (χ4v) is 1.36. The zero-order valence-electron chi connectivity index (χ0n) is 9.65. The number of hydrogen-bond acceptors (Lipinski definition) is 5. The Balaban J connectivity index is 2.12. The molecular weight excluding hydrogens is 250 g/mol. The maximum Gasteiger partial charge on any atom is 0.363 e. The van der Waals surface area contributed by atoms with Crippen LogP contribution in [0.3, 0.4) is 0 Å². The summed E-state index contributed by atoms with van der Waals surface area (Å²) in [5.41, 5.74) is 5.48. The predicted octanol–water partition coefficient (Wildman–Crippen LogP) is 1.88. The normalized spacial score (nSPS) is 9.89. The first-order valence-corrected chi connectivity index (χ1v) is 5.24. The van der Waals surface area contributed by atoms with Gasteiger partial charge in [-0.05, 0) is 40.2 Å². The summed E-state index contributed by atoms with van der Waals surface area (Å²) in [7, 11) is 0. The Bertz CT molecular complexity index is 552. The summed E-state index contributed by atoms with van der Waals surface area (Å²) in [6.07, 6.45) is 1.25. The molecule has 1 aromatic carbocycles. The van der Waals surface area contributed by atoms with Gasteiger partial charge in [0.1, 0.15) is 5.75 Å². The molecule has 0 spiro atoms. The molecule has 1 heterocycles. The van der Waals surface area contributed by atoms with Crippen molar-refractivity contribution in [1.82, 2.24) is 4.98 Å². The summed E-state index contributed by atoms with van der Waals surface area (Å²) in [4.78, 5) is 24.3. The van der Waals surface area contributed by atoms with E-state index in [2.05, 4.69) is 4.98 Å². The second kappa shape index (κ2) is 5.13. The van der Waals surface area contributed by atoms with Gasteiger partial charge in [-0.25, -0.2) is 0 Å². The average molecular weight is 259 g/mol. The van der Waals surface area contributed by atoms with Gasteiger partial charge in [0.2, 0.25) is 5.91 Å². The number of primary amides is 1. The molecule has 96 valence electrons. The average Bonchev–Trinajstić information content (AvgIpc) is 2.40. The molecule has 2 N–H and O–H groups in total. The van der Waals surface area contributed by atoms with E-state index in [1.54, 1.807) is 12.1 Å². The summed E-state index contributed by atoms with van der Waals surface area (Å²) in [5.74, 6) is 0.0538. The molecule has 0 fully saturated rings. The maximum atomic E-state index is 10.9. The smallest absolute Gasteiger partial charge is 0.363 e. The van der Waals surface area contributed by atoms with Crippen LogP contribution in [0.4, 0.5) is 5.82 Å². The lowest BCUT2D eigenvalue weighted by Gasteiger charge is -2.04. The van der Waals surface area contributed by atoms with Gasteiger partial charge in [0.25, 0.3) is 0 Å². The van der Waals surface area contributed by atoms with Crippen molar-refractivity contribution >= 4 is 11.7 Å². The van der Waals surface area contributed by atoms with Crippen LogP contribution in [-0.2, 0) is 0 Å². The third kappa shape index (κ3) is 3.03. The second-order valence-electron chi connectivity index (χ2n) is 3.60. The van der Waals surface area contributed by atoms with Gasteiger partial charge < -0.3 is 20.6 Å². The van der Waals surface area contributed by atoms with Gasteiger partial charge in [-0.3, -0.25) is 4.79 Å². The van der Waals surface area contributed by atoms with Crippen LogP contribution in [0.2, 0.25) is 0 Å². The van der Waals surface area contributed by atoms with Crippen LogP contribution in [-0.4, -0.2) is 15.8 Å². The van der Waals surface area contributed by atoms with E-state index >= 15 is 0 Å². The lowest BCUT2D eigenvalue weighted by Crippen LogP contribution is -2.10. The molecule has 7 nitrogen and oxygen atoms in total. The first-order chi connectivity index (χ1) is 9.06. The summed E-state index contributed by atoms with van der Waals surface area (Å²) in [5, 5.41) is 10.4. The van der Waals surface area contributed by atoms with E-state index < -0.39 is 10.8 Å². The van der Waals surface area contributed by atoms with Crippen LogP contribution in [0.1, 0.15) is 10.4 Å². The molecule has 0 aliphatic heterocycles. The molecule has 0 unspecified atom stereocenters. The minimum atomic E-state index is -0.592. The largest absolute Gasteiger partial charge is 0.453 e. The Labute approximate surface area is 107 Å². The number of ether oxygens (including phenoxy) is 1. The number of nitrogens with two attached hydrogens (primary N) is 1. The number of nitro groups is 1. The minimum Gasteiger partial charge on any atom is -0.453 e. The molecule has 0 saturated carbocycles. The zero-order valence-corrected chi connectivity index (χ0v) is 9.65. The fourth-order valence-electron chi connectivity index (χ4n) is 1.36. The molecule has 19 heavy (non-hydrogen) atoms. The van der Waals surface area contributed by atoms with Crippen molar-refractivity contribution in [2.75, 3.05) is 0 Å². The van der Waals surface area contributed by atoms with Crippen molar-refractivity contribution in [3.63, 3.8) is 0 Å². The van der Waals surface area contributed by atoms with Crippen molar-refractivity contribution in [3.8, 4) is 11.5 Å². The van der Waals surface area contributed by atoms with Gasteiger partial charge in [0, 0.05) is 11.6 Å². The van der Waals surface area contributed by atoms with Crippen LogP contribution < -0.4 is 10.5 Å². The third-order valence-corrected chi connectivity index (χ3v) is 2.28. The minimum absolute atomic E-state index is 0.253. The van der Waals surface area contributed by atoms with Crippen LogP contribution in [0.15, 0.2) is 42.6 Å². The number of aromatic nitrogens is 1. The van der Waals surface area contributed by atoms with Crippen LogP contribution in [0.5, 0.6) is 11.5 Å². The van der Waals surface area contributed by atoms with Crippen LogP contribution in [0, 0.1) is 10.1 Å². The van der Waals surface area contributed by atoms with Crippen LogP contribution in [0.25, 0.3) is 0 Å². The quantitative estimate of drug-likeness (QED) is 0.666. The molecule has 2 rings (SSSR count). The van der Waals surface area contributed by atoms with E-state index in [1.807, 2.05) is 0 Å². The number of carbonyl (C=O) groups is 1. The number of hydrogen-bond donors (Lipinski definition) is 1.